The van der Waals surface area contributed by atoms with Gasteiger partial charge in [0.2, 0.25) is 0 Å². The number of rotatable bonds is 6. The van der Waals surface area contributed by atoms with Gasteiger partial charge in [0.15, 0.2) is 6.61 Å². The van der Waals surface area contributed by atoms with Crippen LogP contribution >= 0.6 is 0 Å². The predicted molar refractivity (Wildman–Crippen MR) is 100 cm³/mol. The molecule has 0 atom stereocenters. The Morgan fingerprint density at radius 3 is 2.24 bits per heavy atom. The second-order valence-electron chi connectivity index (χ2n) is 5.66. The predicted octanol–water partition coefficient (Wildman–Crippen LogP) is 3.88. The van der Waals surface area contributed by atoms with Gasteiger partial charge in [0.1, 0.15) is 5.75 Å². The molecule has 1 amide bonds. The van der Waals surface area contributed by atoms with Gasteiger partial charge in [-0.1, -0.05) is 54.6 Å². The molecule has 0 fully saturated rings. The minimum absolute atomic E-state index is 0.0504. The summed E-state index contributed by atoms with van der Waals surface area (Å²) in [5.74, 6) is 0.471. The van der Waals surface area contributed by atoms with E-state index in [9.17, 15) is 4.79 Å². The van der Waals surface area contributed by atoms with Crippen molar-refractivity contribution in [3.63, 3.8) is 0 Å². The number of carbonyl (C=O) groups excluding carboxylic acids is 1. The molecule has 0 bridgehead atoms. The minimum atomic E-state index is -0.113. The van der Waals surface area contributed by atoms with Crippen molar-refractivity contribution in [1.29, 1.82) is 0 Å². The third kappa shape index (κ3) is 4.61. The molecule has 0 aliphatic heterocycles. The van der Waals surface area contributed by atoms with E-state index in [2.05, 4.69) is 0 Å². The first-order chi connectivity index (χ1) is 12.2. The van der Waals surface area contributed by atoms with Crippen LogP contribution in [0.25, 0.3) is 0 Å². The first-order valence-corrected chi connectivity index (χ1v) is 8.10. The number of hydrogen-bond acceptors (Lipinski definition) is 3. The zero-order chi connectivity index (χ0) is 17.5. The number of benzene rings is 3. The van der Waals surface area contributed by atoms with E-state index >= 15 is 0 Å². The Morgan fingerprint density at radius 2 is 1.56 bits per heavy atom. The van der Waals surface area contributed by atoms with Gasteiger partial charge in [0, 0.05) is 17.4 Å². The van der Waals surface area contributed by atoms with Crippen molar-refractivity contribution in [3.8, 4) is 5.75 Å². The molecule has 3 rings (SSSR count). The van der Waals surface area contributed by atoms with Gasteiger partial charge in [-0.05, 0) is 29.8 Å². The molecule has 0 saturated carbocycles. The van der Waals surface area contributed by atoms with Crippen LogP contribution in [-0.4, -0.2) is 12.5 Å². The molecule has 4 heteroatoms. The Bertz CT molecular complexity index is 820. The largest absolute Gasteiger partial charge is 0.484 e. The van der Waals surface area contributed by atoms with E-state index in [-0.39, 0.29) is 12.5 Å². The van der Waals surface area contributed by atoms with E-state index in [1.165, 1.54) is 0 Å². The van der Waals surface area contributed by atoms with Gasteiger partial charge >= 0.3 is 0 Å². The molecule has 0 aliphatic rings. The fourth-order valence-corrected chi connectivity index (χ4v) is 2.52. The van der Waals surface area contributed by atoms with Crippen LogP contribution in [0.15, 0.2) is 84.9 Å². The van der Waals surface area contributed by atoms with Gasteiger partial charge < -0.3 is 15.4 Å². The van der Waals surface area contributed by atoms with E-state index in [0.29, 0.717) is 18.0 Å². The SMILES string of the molecule is Nc1cccc(OCC(=O)N(Cc2ccccc2)c2ccccc2)c1. The van der Waals surface area contributed by atoms with Crippen LogP contribution in [0, 0.1) is 0 Å². The van der Waals surface area contributed by atoms with Gasteiger partial charge in [-0.25, -0.2) is 0 Å². The molecule has 126 valence electrons. The number of ether oxygens (including phenoxy) is 1. The lowest BCUT2D eigenvalue weighted by Crippen LogP contribution is -2.34. The molecular formula is C21H20N2O2. The molecule has 2 N–H and O–H groups in total. The van der Waals surface area contributed by atoms with Gasteiger partial charge in [0.25, 0.3) is 5.91 Å². The van der Waals surface area contributed by atoms with Gasteiger partial charge in [0.05, 0.1) is 6.54 Å². The highest BCUT2D eigenvalue weighted by Gasteiger charge is 2.16. The standard InChI is InChI=1S/C21H20N2O2/c22-18-10-7-13-20(14-18)25-16-21(24)23(19-11-5-2-6-12-19)15-17-8-3-1-4-9-17/h1-14H,15-16,22H2. The second kappa shape index (κ2) is 8.02. The van der Waals surface area contributed by atoms with Crippen molar-refractivity contribution in [2.75, 3.05) is 17.2 Å². The lowest BCUT2D eigenvalue weighted by atomic mass is 10.2. The summed E-state index contributed by atoms with van der Waals surface area (Å²) in [4.78, 5) is 14.5. The molecule has 0 unspecified atom stereocenters. The first-order valence-electron chi connectivity index (χ1n) is 8.10. The number of amides is 1. The highest BCUT2D eigenvalue weighted by atomic mass is 16.5. The van der Waals surface area contributed by atoms with Gasteiger partial charge in [-0.2, -0.15) is 0 Å². The Kier molecular flexibility index (Phi) is 5.32. The van der Waals surface area contributed by atoms with Crippen LogP contribution in [0.4, 0.5) is 11.4 Å². The third-order valence-corrected chi connectivity index (χ3v) is 3.77. The maximum absolute atomic E-state index is 12.8. The fourth-order valence-electron chi connectivity index (χ4n) is 2.52. The summed E-state index contributed by atoms with van der Waals surface area (Å²) < 4.78 is 5.62. The molecule has 0 saturated heterocycles. The quantitative estimate of drug-likeness (QED) is 0.697. The van der Waals surface area contributed by atoms with Crippen LogP contribution < -0.4 is 15.4 Å². The van der Waals surface area contributed by atoms with E-state index in [0.717, 1.165) is 11.3 Å². The molecule has 0 aromatic heterocycles. The number of carbonyl (C=O) groups is 1. The summed E-state index contributed by atoms with van der Waals surface area (Å²) >= 11 is 0. The smallest absolute Gasteiger partial charge is 0.265 e. The average Bonchev–Trinajstić information content (AvgIpc) is 2.66. The second-order valence-corrected chi connectivity index (χ2v) is 5.66. The lowest BCUT2D eigenvalue weighted by Gasteiger charge is -2.23. The average molecular weight is 332 g/mol. The molecule has 0 heterocycles. The molecule has 3 aromatic carbocycles. The topological polar surface area (TPSA) is 55.6 Å². The Hall–Kier alpha value is -3.27. The molecule has 0 radical (unpaired) electrons. The molecule has 3 aromatic rings. The minimum Gasteiger partial charge on any atom is -0.484 e. The molecule has 4 nitrogen and oxygen atoms in total. The first kappa shape index (κ1) is 16.6. The van der Waals surface area contributed by atoms with Crippen molar-refractivity contribution in [2.24, 2.45) is 0 Å². The van der Waals surface area contributed by atoms with Crippen LogP contribution in [0.1, 0.15) is 5.56 Å². The monoisotopic (exact) mass is 332 g/mol. The third-order valence-electron chi connectivity index (χ3n) is 3.77. The number of para-hydroxylation sites is 1. The fraction of sp³-hybridized carbons (Fsp3) is 0.0952. The van der Waals surface area contributed by atoms with E-state index in [1.807, 2.05) is 60.7 Å². The Labute approximate surface area is 147 Å². The highest BCUT2D eigenvalue weighted by Crippen LogP contribution is 2.19. The summed E-state index contributed by atoms with van der Waals surface area (Å²) in [6, 6.07) is 26.6. The molecule has 25 heavy (non-hydrogen) atoms. The van der Waals surface area contributed by atoms with Crippen LogP contribution in [0.3, 0.4) is 0 Å². The van der Waals surface area contributed by atoms with Crippen molar-refractivity contribution >= 4 is 17.3 Å². The molecular weight excluding hydrogens is 312 g/mol. The zero-order valence-electron chi connectivity index (χ0n) is 13.8. The maximum Gasteiger partial charge on any atom is 0.265 e. The van der Waals surface area contributed by atoms with E-state index < -0.39 is 0 Å². The Balaban J connectivity index is 1.75. The number of nitrogen functional groups attached to an aromatic ring is 1. The van der Waals surface area contributed by atoms with Gasteiger partial charge in [-0.15, -0.1) is 0 Å². The summed E-state index contributed by atoms with van der Waals surface area (Å²) in [7, 11) is 0. The summed E-state index contributed by atoms with van der Waals surface area (Å²) in [5, 5.41) is 0. The zero-order valence-corrected chi connectivity index (χ0v) is 13.8. The Morgan fingerprint density at radius 1 is 0.880 bits per heavy atom. The molecule has 0 aliphatic carbocycles. The summed E-state index contributed by atoms with van der Waals surface area (Å²) in [6.07, 6.45) is 0. The number of anilines is 2. The number of hydrogen-bond donors (Lipinski definition) is 1. The van der Waals surface area contributed by atoms with Crippen LogP contribution in [-0.2, 0) is 11.3 Å². The highest BCUT2D eigenvalue weighted by molar-refractivity contribution is 5.94. The molecule has 0 spiro atoms. The van der Waals surface area contributed by atoms with Crippen molar-refractivity contribution in [3.05, 3.63) is 90.5 Å². The van der Waals surface area contributed by atoms with Crippen molar-refractivity contribution in [2.45, 2.75) is 6.54 Å². The lowest BCUT2D eigenvalue weighted by molar-refractivity contribution is -0.120. The van der Waals surface area contributed by atoms with Crippen LogP contribution in [0.2, 0.25) is 0 Å². The van der Waals surface area contributed by atoms with Crippen molar-refractivity contribution < 1.29 is 9.53 Å². The van der Waals surface area contributed by atoms with E-state index in [1.54, 1.807) is 29.2 Å². The number of nitrogens with zero attached hydrogens (tertiary/aromatic N) is 1. The summed E-state index contributed by atoms with van der Waals surface area (Å²) in [5.41, 5.74) is 8.25. The van der Waals surface area contributed by atoms with Crippen molar-refractivity contribution in [1.82, 2.24) is 0 Å². The van der Waals surface area contributed by atoms with Gasteiger partial charge in [-0.3, -0.25) is 4.79 Å². The number of nitrogens with two attached hydrogens (primary N) is 1. The normalized spacial score (nSPS) is 10.2. The van der Waals surface area contributed by atoms with E-state index in [4.69, 9.17) is 10.5 Å². The van der Waals surface area contributed by atoms with Crippen LogP contribution in [0.5, 0.6) is 5.75 Å². The maximum atomic E-state index is 12.8. The summed E-state index contributed by atoms with van der Waals surface area (Å²) in [6.45, 7) is 0.440.